The molecule has 0 aliphatic heterocycles. The highest BCUT2D eigenvalue weighted by Crippen LogP contribution is 2.25. The molecular weight excluding hydrogens is 278 g/mol. The minimum atomic E-state index is -0.130. The maximum Gasteiger partial charge on any atom is 0.0726 e. The number of aromatic nitrogens is 2. The van der Waals surface area contributed by atoms with E-state index in [2.05, 4.69) is 47.0 Å². The number of hydrogen-bond acceptors (Lipinski definition) is 2. The summed E-state index contributed by atoms with van der Waals surface area (Å²) in [5.41, 5.74) is 9.71. The average Bonchev–Trinajstić information content (AvgIpc) is 2.79. The highest BCUT2D eigenvalue weighted by molar-refractivity contribution is 9.10. The highest BCUT2D eigenvalue weighted by atomic mass is 79.9. The normalized spacial score (nSPS) is 12.7. The Kier molecular flexibility index (Phi) is 3.64. The van der Waals surface area contributed by atoms with Crippen molar-refractivity contribution in [1.29, 1.82) is 0 Å². The van der Waals surface area contributed by atoms with E-state index in [1.165, 1.54) is 5.56 Å². The van der Waals surface area contributed by atoms with Crippen LogP contribution in [0.5, 0.6) is 0 Å². The van der Waals surface area contributed by atoms with Crippen LogP contribution in [0.15, 0.2) is 34.9 Å². The van der Waals surface area contributed by atoms with Crippen molar-refractivity contribution in [3.05, 3.63) is 51.8 Å². The van der Waals surface area contributed by atoms with Crippen molar-refractivity contribution in [2.24, 2.45) is 5.73 Å². The third-order valence-corrected chi connectivity index (χ3v) is 3.44. The van der Waals surface area contributed by atoms with Crippen LogP contribution in [0.2, 0.25) is 0 Å². The molecular formula is C13H16BrN3. The van der Waals surface area contributed by atoms with Crippen LogP contribution in [0.3, 0.4) is 0 Å². The van der Waals surface area contributed by atoms with Crippen molar-refractivity contribution in [2.45, 2.75) is 26.4 Å². The smallest absolute Gasteiger partial charge is 0.0726 e. The SMILES string of the molecule is CCn1nccc1C(N)c1cc(Br)ccc1C. The van der Waals surface area contributed by atoms with E-state index >= 15 is 0 Å². The molecule has 90 valence electrons. The lowest BCUT2D eigenvalue weighted by atomic mass is 9.99. The van der Waals surface area contributed by atoms with Gasteiger partial charge in [0.15, 0.2) is 0 Å². The Balaban J connectivity index is 2.43. The Hall–Kier alpha value is -1.13. The number of rotatable bonds is 3. The first kappa shape index (κ1) is 12.3. The van der Waals surface area contributed by atoms with Gasteiger partial charge in [0.05, 0.1) is 11.7 Å². The first-order chi connectivity index (χ1) is 8.13. The summed E-state index contributed by atoms with van der Waals surface area (Å²) in [6.07, 6.45) is 1.80. The quantitative estimate of drug-likeness (QED) is 0.945. The van der Waals surface area contributed by atoms with Crippen LogP contribution < -0.4 is 5.73 Å². The minimum absolute atomic E-state index is 0.130. The summed E-state index contributed by atoms with van der Waals surface area (Å²) in [5.74, 6) is 0. The molecule has 2 aromatic rings. The molecule has 0 aliphatic rings. The second-order valence-corrected chi connectivity index (χ2v) is 4.97. The standard InChI is InChI=1S/C13H16BrN3/c1-3-17-12(6-7-16-17)13(15)11-8-10(14)5-4-9(11)2/h4-8,13H,3,15H2,1-2H3. The van der Waals surface area contributed by atoms with E-state index in [0.717, 1.165) is 22.3 Å². The summed E-state index contributed by atoms with van der Waals surface area (Å²) >= 11 is 3.49. The van der Waals surface area contributed by atoms with Crippen LogP contribution in [0.1, 0.15) is 29.8 Å². The molecule has 1 heterocycles. The zero-order valence-electron chi connectivity index (χ0n) is 10.0. The van der Waals surface area contributed by atoms with Gasteiger partial charge in [-0.1, -0.05) is 22.0 Å². The van der Waals surface area contributed by atoms with Gasteiger partial charge in [-0.05, 0) is 43.2 Å². The molecule has 1 aromatic carbocycles. The molecule has 0 saturated heterocycles. The number of benzene rings is 1. The van der Waals surface area contributed by atoms with Gasteiger partial charge in [0.2, 0.25) is 0 Å². The average molecular weight is 294 g/mol. The van der Waals surface area contributed by atoms with Crippen LogP contribution in [-0.2, 0) is 6.54 Å². The second-order valence-electron chi connectivity index (χ2n) is 4.05. The van der Waals surface area contributed by atoms with E-state index < -0.39 is 0 Å². The molecule has 0 radical (unpaired) electrons. The fraction of sp³-hybridized carbons (Fsp3) is 0.308. The first-order valence-electron chi connectivity index (χ1n) is 5.66. The van der Waals surface area contributed by atoms with E-state index in [0.29, 0.717) is 0 Å². The number of nitrogens with zero attached hydrogens (tertiary/aromatic N) is 2. The number of aryl methyl sites for hydroxylation is 2. The lowest BCUT2D eigenvalue weighted by Crippen LogP contribution is -2.18. The van der Waals surface area contributed by atoms with Gasteiger partial charge in [-0.3, -0.25) is 4.68 Å². The fourth-order valence-electron chi connectivity index (χ4n) is 1.98. The van der Waals surface area contributed by atoms with E-state index in [4.69, 9.17) is 5.73 Å². The van der Waals surface area contributed by atoms with E-state index in [1.54, 1.807) is 6.20 Å². The molecule has 17 heavy (non-hydrogen) atoms. The Morgan fingerprint density at radius 1 is 1.41 bits per heavy atom. The first-order valence-corrected chi connectivity index (χ1v) is 6.46. The van der Waals surface area contributed by atoms with Crippen LogP contribution in [0.4, 0.5) is 0 Å². The Morgan fingerprint density at radius 2 is 2.18 bits per heavy atom. The monoisotopic (exact) mass is 293 g/mol. The highest BCUT2D eigenvalue weighted by Gasteiger charge is 2.15. The molecule has 3 nitrogen and oxygen atoms in total. The van der Waals surface area contributed by atoms with Crippen molar-refractivity contribution in [3.63, 3.8) is 0 Å². The number of hydrogen-bond donors (Lipinski definition) is 1. The molecule has 0 fully saturated rings. The van der Waals surface area contributed by atoms with Crippen LogP contribution >= 0.6 is 15.9 Å². The molecule has 2 rings (SSSR count). The molecule has 0 spiro atoms. The van der Waals surface area contributed by atoms with Crippen LogP contribution in [0.25, 0.3) is 0 Å². The zero-order valence-corrected chi connectivity index (χ0v) is 11.6. The summed E-state index contributed by atoms with van der Waals surface area (Å²) in [6.45, 7) is 4.98. The van der Waals surface area contributed by atoms with Crippen molar-refractivity contribution in [3.8, 4) is 0 Å². The number of nitrogens with two attached hydrogens (primary N) is 1. The van der Waals surface area contributed by atoms with Gasteiger partial charge in [0.25, 0.3) is 0 Å². The largest absolute Gasteiger partial charge is 0.319 e. The lowest BCUT2D eigenvalue weighted by Gasteiger charge is -2.16. The summed E-state index contributed by atoms with van der Waals surface area (Å²) in [7, 11) is 0. The van der Waals surface area contributed by atoms with Gasteiger partial charge in [-0.15, -0.1) is 0 Å². The molecule has 0 aliphatic carbocycles. The van der Waals surface area contributed by atoms with Gasteiger partial charge in [-0.2, -0.15) is 5.10 Å². The minimum Gasteiger partial charge on any atom is -0.319 e. The summed E-state index contributed by atoms with van der Waals surface area (Å²) < 4.78 is 2.99. The molecule has 1 unspecified atom stereocenters. The number of halogens is 1. The predicted octanol–water partition coefficient (Wildman–Crippen LogP) is 3.02. The molecule has 1 aromatic heterocycles. The summed E-state index contributed by atoms with van der Waals surface area (Å²) in [6, 6.07) is 8.03. The molecule has 2 N–H and O–H groups in total. The fourth-order valence-corrected chi connectivity index (χ4v) is 2.36. The van der Waals surface area contributed by atoms with Gasteiger partial charge in [0, 0.05) is 17.2 Å². The second kappa shape index (κ2) is 5.02. The predicted molar refractivity (Wildman–Crippen MR) is 72.8 cm³/mol. The molecule has 1 atom stereocenters. The summed E-state index contributed by atoms with van der Waals surface area (Å²) in [5, 5.41) is 4.26. The van der Waals surface area contributed by atoms with Crippen molar-refractivity contribution in [2.75, 3.05) is 0 Å². The summed E-state index contributed by atoms with van der Waals surface area (Å²) in [4.78, 5) is 0. The van der Waals surface area contributed by atoms with Crippen LogP contribution in [0, 0.1) is 6.92 Å². The van der Waals surface area contributed by atoms with Gasteiger partial charge < -0.3 is 5.73 Å². The molecule has 0 bridgehead atoms. The van der Waals surface area contributed by atoms with Gasteiger partial charge in [-0.25, -0.2) is 0 Å². The Morgan fingerprint density at radius 3 is 2.88 bits per heavy atom. The van der Waals surface area contributed by atoms with E-state index in [1.807, 2.05) is 16.8 Å². The zero-order chi connectivity index (χ0) is 12.4. The van der Waals surface area contributed by atoms with E-state index in [-0.39, 0.29) is 6.04 Å². The lowest BCUT2D eigenvalue weighted by molar-refractivity contribution is 0.600. The Labute approximate surface area is 110 Å². The van der Waals surface area contributed by atoms with Crippen molar-refractivity contribution < 1.29 is 0 Å². The topological polar surface area (TPSA) is 43.8 Å². The van der Waals surface area contributed by atoms with Crippen LogP contribution in [-0.4, -0.2) is 9.78 Å². The maximum atomic E-state index is 6.33. The molecule has 0 saturated carbocycles. The molecule has 4 heteroatoms. The Bertz CT molecular complexity index is 519. The third kappa shape index (κ3) is 2.42. The molecule has 0 amide bonds. The van der Waals surface area contributed by atoms with E-state index in [9.17, 15) is 0 Å². The van der Waals surface area contributed by atoms with Gasteiger partial charge >= 0.3 is 0 Å². The maximum absolute atomic E-state index is 6.33. The third-order valence-electron chi connectivity index (χ3n) is 2.94. The van der Waals surface area contributed by atoms with Gasteiger partial charge in [0.1, 0.15) is 0 Å². The van der Waals surface area contributed by atoms with Crippen molar-refractivity contribution >= 4 is 15.9 Å². The van der Waals surface area contributed by atoms with Crippen molar-refractivity contribution in [1.82, 2.24) is 9.78 Å².